The molecule has 1 N–H and O–H groups in total. The monoisotopic (exact) mass is 390 g/mol. The number of carbonyl (C=O) groups is 1. The maximum absolute atomic E-state index is 13.0. The van der Waals surface area contributed by atoms with Crippen molar-refractivity contribution in [1.29, 1.82) is 0 Å². The third kappa shape index (κ3) is 5.67. The molecule has 0 unspecified atom stereocenters. The summed E-state index contributed by atoms with van der Waals surface area (Å²) in [6.07, 6.45) is 2.40. The molecular weight excluding hydrogens is 364 g/mol. The van der Waals surface area contributed by atoms with Crippen molar-refractivity contribution in [3.8, 4) is 0 Å². The summed E-state index contributed by atoms with van der Waals surface area (Å²) in [4.78, 5) is 11.9. The summed E-state index contributed by atoms with van der Waals surface area (Å²) < 4.78 is 32.4. The lowest BCUT2D eigenvalue weighted by molar-refractivity contribution is 0.0600. The van der Waals surface area contributed by atoms with Crippen molar-refractivity contribution in [1.82, 2.24) is 9.62 Å². The number of hydrogen-bond acceptors (Lipinski definition) is 5. The minimum atomic E-state index is -3.50. The first kappa shape index (κ1) is 21.9. The third-order valence-electron chi connectivity index (χ3n) is 4.28. The lowest BCUT2D eigenvalue weighted by Gasteiger charge is -2.33. The zero-order valence-corrected chi connectivity index (χ0v) is 16.4. The molecule has 0 aromatic heterocycles. The largest absolute Gasteiger partial charge is 0.465 e. The van der Waals surface area contributed by atoms with E-state index in [4.69, 9.17) is 4.74 Å². The number of nitrogens with one attached hydrogen (secondary N) is 1. The van der Waals surface area contributed by atoms with Crippen molar-refractivity contribution >= 4 is 28.4 Å². The Kier molecular flexibility index (Phi) is 8.85. The molecule has 1 heterocycles. The number of benzene rings is 1. The van der Waals surface area contributed by atoms with Crippen LogP contribution in [0, 0.1) is 0 Å². The molecule has 1 fully saturated rings. The van der Waals surface area contributed by atoms with E-state index in [-0.39, 0.29) is 24.2 Å². The number of carbonyl (C=O) groups excluding carboxylic acids is 1. The number of halogens is 1. The van der Waals surface area contributed by atoms with Gasteiger partial charge in [0.2, 0.25) is 10.0 Å². The minimum Gasteiger partial charge on any atom is -0.465 e. The van der Waals surface area contributed by atoms with E-state index in [0.29, 0.717) is 17.7 Å². The zero-order chi connectivity index (χ0) is 17.6. The quantitative estimate of drug-likeness (QED) is 0.722. The van der Waals surface area contributed by atoms with Crippen LogP contribution in [0.5, 0.6) is 0 Å². The second kappa shape index (κ2) is 10.1. The van der Waals surface area contributed by atoms with Gasteiger partial charge in [0.15, 0.2) is 0 Å². The van der Waals surface area contributed by atoms with Crippen LogP contribution < -0.4 is 5.32 Å². The molecule has 0 spiro atoms. The first-order chi connectivity index (χ1) is 11.5. The van der Waals surface area contributed by atoms with Gasteiger partial charge in [0.25, 0.3) is 0 Å². The number of rotatable bonds is 7. The molecule has 6 nitrogen and oxygen atoms in total. The maximum atomic E-state index is 13.0. The molecular formula is C17H27ClN2O4S. The van der Waals surface area contributed by atoms with Gasteiger partial charge in [-0.05, 0) is 44.0 Å². The number of hydrogen-bond donors (Lipinski definition) is 1. The molecule has 0 atom stereocenters. The van der Waals surface area contributed by atoms with Crippen LogP contribution in [0.4, 0.5) is 0 Å². The second-order valence-electron chi connectivity index (χ2n) is 6.00. The Hall–Kier alpha value is -1.15. The van der Waals surface area contributed by atoms with E-state index < -0.39 is 16.0 Å². The van der Waals surface area contributed by atoms with Crippen molar-refractivity contribution < 1.29 is 17.9 Å². The van der Waals surface area contributed by atoms with E-state index in [2.05, 4.69) is 5.32 Å². The maximum Gasteiger partial charge on any atom is 0.338 e. The molecule has 0 amide bonds. The highest BCUT2D eigenvalue weighted by Crippen LogP contribution is 2.22. The van der Waals surface area contributed by atoms with E-state index >= 15 is 0 Å². The van der Waals surface area contributed by atoms with Gasteiger partial charge < -0.3 is 10.1 Å². The van der Waals surface area contributed by atoms with Crippen LogP contribution in [0.2, 0.25) is 0 Å². The summed E-state index contributed by atoms with van der Waals surface area (Å²) in [5.41, 5.74) is 0.796. The molecule has 142 valence electrons. The van der Waals surface area contributed by atoms with Crippen LogP contribution in [0.3, 0.4) is 0 Å². The number of methoxy groups -OCH3 is 1. The Labute approximate surface area is 156 Å². The zero-order valence-electron chi connectivity index (χ0n) is 14.7. The average molecular weight is 391 g/mol. The van der Waals surface area contributed by atoms with Crippen LogP contribution in [0.15, 0.2) is 24.3 Å². The average Bonchev–Trinajstić information content (AvgIpc) is 2.59. The molecule has 0 bridgehead atoms. The molecule has 1 aliphatic rings. The molecule has 8 heteroatoms. The lowest BCUT2D eigenvalue weighted by Crippen LogP contribution is -2.46. The fraction of sp³-hybridized carbons (Fsp3) is 0.588. The van der Waals surface area contributed by atoms with E-state index in [1.165, 1.54) is 7.11 Å². The highest BCUT2D eigenvalue weighted by atomic mass is 35.5. The third-order valence-corrected chi connectivity index (χ3v) is 6.15. The smallest absolute Gasteiger partial charge is 0.338 e. The minimum absolute atomic E-state index is 0. The van der Waals surface area contributed by atoms with Crippen LogP contribution in [-0.2, 0) is 20.5 Å². The number of nitrogens with zero attached hydrogens (tertiary/aromatic N) is 1. The predicted octanol–water partition coefficient (Wildman–Crippen LogP) is 2.19. The van der Waals surface area contributed by atoms with Gasteiger partial charge in [-0.3, -0.25) is 0 Å². The Bertz CT molecular complexity index is 660. The van der Waals surface area contributed by atoms with E-state index in [9.17, 15) is 13.2 Å². The second-order valence-corrected chi connectivity index (χ2v) is 7.92. The molecule has 1 aromatic rings. The highest BCUT2D eigenvalue weighted by molar-refractivity contribution is 7.88. The van der Waals surface area contributed by atoms with Crippen LogP contribution >= 0.6 is 12.4 Å². The van der Waals surface area contributed by atoms with Gasteiger partial charge in [0, 0.05) is 12.6 Å². The highest BCUT2D eigenvalue weighted by Gasteiger charge is 2.31. The fourth-order valence-corrected chi connectivity index (χ4v) is 5.03. The number of sulfonamides is 1. The summed E-state index contributed by atoms with van der Waals surface area (Å²) in [7, 11) is -2.21. The van der Waals surface area contributed by atoms with Crippen molar-refractivity contribution in [2.24, 2.45) is 0 Å². The Morgan fingerprint density at radius 1 is 1.28 bits per heavy atom. The summed E-state index contributed by atoms with van der Waals surface area (Å²) in [5, 5.41) is 3.26. The summed E-state index contributed by atoms with van der Waals surface area (Å²) in [6, 6.07) is 6.76. The summed E-state index contributed by atoms with van der Waals surface area (Å²) in [6.45, 7) is 4.15. The predicted molar refractivity (Wildman–Crippen MR) is 101 cm³/mol. The summed E-state index contributed by atoms with van der Waals surface area (Å²) >= 11 is 0. The van der Waals surface area contributed by atoms with Gasteiger partial charge in [-0.2, -0.15) is 4.31 Å². The first-order valence-electron chi connectivity index (χ1n) is 8.36. The van der Waals surface area contributed by atoms with Crippen molar-refractivity contribution in [3.63, 3.8) is 0 Å². The van der Waals surface area contributed by atoms with Crippen molar-refractivity contribution in [2.45, 2.75) is 38.0 Å². The van der Waals surface area contributed by atoms with Gasteiger partial charge in [-0.25, -0.2) is 13.2 Å². The Balaban J connectivity index is 0.00000312. The summed E-state index contributed by atoms with van der Waals surface area (Å²) in [5.74, 6) is -0.688. The van der Waals surface area contributed by atoms with Crippen molar-refractivity contribution in [3.05, 3.63) is 35.4 Å². The molecule has 0 radical (unpaired) electrons. The fourth-order valence-electron chi connectivity index (χ4n) is 3.10. The van der Waals surface area contributed by atoms with Gasteiger partial charge in [0.1, 0.15) is 0 Å². The van der Waals surface area contributed by atoms with E-state index in [0.717, 1.165) is 32.4 Å². The molecule has 1 aromatic carbocycles. The standard InChI is InChI=1S/C17H26N2O4S.ClH/c1-3-12-19(15-8-10-18-11-9-15)24(21,22)13-14-6-4-5-7-16(14)17(20)23-2;/h4-7,15,18H,3,8-13H2,1-2H3;1H. The molecule has 0 saturated carbocycles. The number of esters is 1. The van der Waals surface area contributed by atoms with Gasteiger partial charge in [-0.1, -0.05) is 25.1 Å². The SMILES string of the molecule is CCCN(C1CCNCC1)S(=O)(=O)Cc1ccccc1C(=O)OC.Cl. The van der Waals surface area contributed by atoms with E-state index in [1.54, 1.807) is 28.6 Å². The van der Waals surface area contributed by atoms with Crippen LogP contribution in [0.25, 0.3) is 0 Å². The van der Waals surface area contributed by atoms with Crippen LogP contribution in [-0.4, -0.2) is 51.5 Å². The van der Waals surface area contributed by atoms with Crippen LogP contribution in [0.1, 0.15) is 42.1 Å². The lowest BCUT2D eigenvalue weighted by atomic mass is 10.1. The number of piperidine rings is 1. The normalized spacial score (nSPS) is 15.6. The first-order valence-corrected chi connectivity index (χ1v) is 9.97. The van der Waals surface area contributed by atoms with Gasteiger partial charge in [-0.15, -0.1) is 12.4 Å². The molecule has 2 rings (SSSR count). The Morgan fingerprint density at radius 3 is 2.52 bits per heavy atom. The van der Waals surface area contributed by atoms with Gasteiger partial charge in [0.05, 0.1) is 18.4 Å². The molecule has 25 heavy (non-hydrogen) atoms. The Morgan fingerprint density at radius 2 is 1.92 bits per heavy atom. The molecule has 1 aliphatic heterocycles. The van der Waals surface area contributed by atoms with Crippen molar-refractivity contribution in [2.75, 3.05) is 26.7 Å². The molecule has 0 aliphatic carbocycles. The number of ether oxygens (including phenoxy) is 1. The topological polar surface area (TPSA) is 75.7 Å². The van der Waals surface area contributed by atoms with Gasteiger partial charge >= 0.3 is 5.97 Å². The van der Waals surface area contributed by atoms with E-state index in [1.807, 2.05) is 6.92 Å². The molecule has 1 saturated heterocycles.